The van der Waals surface area contributed by atoms with Gasteiger partial charge >= 0.3 is 6.36 Å². The fourth-order valence-corrected chi connectivity index (χ4v) is 2.57. The van der Waals surface area contributed by atoms with Gasteiger partial charge in [-0.05, 0) is 31.2 Å². The fourth-order valence-electron chi connectivity index (χ4n) is 2.57. The van der Waals surface area contributed by atoms with Gasteiger partial charge in [0.1, 0.15) is 17.3 Å². The Morgan fingerprint density at radius 1 is 1.07 bits per heavy atom. The molecule has 1 heterocycles. The molecule has 3 aromatic rings. The lowest BCUT2D eigenvalue weighted by Gasteiger charge is -2.15. The number of nitrogens with one attached hydrogen (secondary N) is 2. The van der Waals surface area contributed by atoms with E-state index in [1.54, 1.807) is 31.2 Å². The molecule has 0 fully saturated rings. The maximum atomic E-state index is 12.5. The second kappa shape index (κ2) is 8.87. The molecule has 0 spiro atoms. The minimum atomic E-state index is -4.81. The van der Waals surface area contributed by atoms with E-state index in [2.05, 4.69) is 25.3 Å². The van der Waals surface area contributed by atoms with Gasteiger partial charge in [-0.1, -0.05) is 18.2 Å². The first-order chi connectivity index (χ1) is 14.2. The molecule has 3 rings (SSSR count). The highest BCUT2D eigenvalue weighted by Gasteiger charge is 2.31. The molecular weight excluding hydrogens is 401 g/mol. The van der Waals surface area contributed by atoms with Gasteiger partial charge in [0, 0.05) is 29.4 Å². The number of halogens is 3. The molecule has 0 aliphatic heterocycles. The number of anilines is 3. The molecule has 0 unspecified atom stereocenters. The number of aliphatic hydroxyl groups is 1. The molecule has 2 aromatic carbocycles. The molecule has 0 saturated carbocycles. The summed E-state index contributed by atoms with van der Waals surface area (Å²) in [4.78, 5) is 8.65. The van der Waals surface area contributed by atoms with Crippen LogP contribution in [0.4, 0.5) is 30.6 Å². The number of alkyl halides is 3. The largest absolute Gasteiger partial charge is 0.573 e. The summed E-state index contributed by atoms with van der Waals surface area (Å²) in [6.45, 7) is 1.55. The van der Waals surface area contributed by atoms with E-state index in [9.17, 15) is 23.4 Å². The predicted octanol–water partition coefficient (Wildman–Crippen LogP) is 4.28. The third kappa shape index (κ3) is 5.98. The SMILES string of the molecule is C[C@H](CO)Nc1nc(Nc2cccc(O)c2)cc(-c2cccc(OC(F)(F)F)c2)n1. The van der Waals surface area contributed by atoms with Crippen LogP contribution < -0.4 is 15.4 Å². The Morgan fingerprint density at radius 2 is 1.83 bits per heavy atom. The maximum Gasteiger partial charge on any atom is 0.573 e. The molecule has 30 heavy (non-hydrogen) atoms. The molecular formula is C20H19F3N4O3. The summed E-state index contributed by atoms with van der Waals surface area (Å²) in [6.07, 6.45) is -4.81. The second-order valence-electron chi connectivity index (χ2n) is 6.44. The van der Waals surface area contributed by atoms with Crippen LogP contribution >= 0.6 is 0 Å². The quantitative estimate of drug-likeness (QED) is 0.453. The summed E-state index contributed by atoms with van der Waals surface area (Å²) in [7, 11) is 0. The van der Waals surface area contributed by atoms with E-state index in [1.807, 2.05) is 0 Å². The highest BCUT2D eigenvalue weighted by Crippen LogP contribution is 2.29. The van der Waals surface area contributed by atoms with Crippen molar-refractivity contribution in [2.24, 2.45) is 0 Å². The highest BCUT2D eigenvalue weighted by atomic mass is 19.4. The predicted molar refractivity (Wildman–Crippen MR) is 106 cm³/mol. The number of phenolic OH excluding ortho intramolecular Hbond substituents is 1. The number of ether oxygens (including phenoxy) is 1. The van der Waals surface area contributed by atoms with Crippen molar-refractivity contribution in [3.63, 3.8) is 0 Å². The van der Waals surface area contributed by atoms with Crippen molar-refractivity contribution >= 4 is 17.5 Å². The number of aromatic hydroxyl groups is 1. The lowest BCUT2D eigenvalue weighted by molar-refractivity contribution is -0.274. The Bertz CT molecular complexity index is 1010. The molecule has 4 N–H and O–H groups in total. The zero-order chi connectivity index (χ0) is 21.7. The highest BCUT2D eigenvalue weighted by molar-refractivity contribution is 5.68. The van der Waals surface area contributed by atoms with Gasteiger partial charge in [-0.3, -0.25) is 0 Å². The lowest BCUT2D eigenvalue weighted by atomic mass is 10.1. The topological polar surface area (TPSA) is 99.5 Å². The molecule has 7 nitrogen and oxygen atoms in total. The molecule has 1 atom stereocenters. The molecule has 10 heteroatoms. The standard InChI is InChI=1S/C20H19F3N4O3/c1-12(11-28)24-19-26-17(13-4-2-7-16(8-13)30-20(21,22)23)10-18(27-19)25-14-5-3-6-15(29)9-14/h2-10,12,28-29H,11H2,1H3,(H2,24,25,26,27)/t12-/m1/s1. The van der Waals surface area contributed by atoms with Gasteiger partial charge in [-0.2, -0.15) is 4.98 Å². The van der Waals surface area contributed by atoms with Crippen molar-refractivity contribution in [1.82, 2.24) is 9.97 Å². The normalized spacial score (nSPS) is 12.3. The number of rotatable bonds is 7. The molecule has 0 bridgehead atoms. The van der Waals surface area contributed by atoms with Crippen molar-refractivity contribution < 1.29 is 28.1 Å². The number of benzene rings is 2. The fraction of sp³-hybridized carbons (Fsp3) is 0.200. The molecule has 158 valence electrons. The van der Waals surface area contributed by atoms with E-state index in [4.69, 9.17) is 0 Å². The van der Waals surface area contributed by atoms with E-state index in [0.717, 1.165) is 0 Å². The Balaban J connectivity index is 1.98. The molecule has 0 saturated heterocycles. The summed E-state index contributed by atoms with van der Waals surface area (Å²) in [5.74, 6) is 0.178. The molecule has 0 amide bonds. The number of aromatic nitrogens is 2. The minimum Gasteiger partial charge on any atom is -0.508 e. The van der Waals surface area contributed by atoms with E-state index < -0.39 is 6.36 Å². The van der Waals surface area contributed by atoms with Crippen LogP contribution in [-0.4, -0.2) is 39.2 Å². The van der Waals surface area contributed by atoms with Crippen molar-refractivity contribution in [2.75, 3.05) is 17.2 Å². The zero-order valence-electron chi connectivity index (χ0n) is 15.8. The van der Waals surface area contributed by atoms with E-state index in [0.29, 0.717) is 22.8 Å². The Labute approximate surface area is 170 Å². The van der Waals surface area contributed by atoms with Crippen LogP contribution in [0.1, 0.15) is 6.92 Å². The van der Waals surface area contributed by atoms with Gasteiger partial charge in [-0.15, -0.1) is 13.2 Å². The average Bonchev–Trinajstić information content (AvgIpc) is 2.66. The first kappa shape index (κ1) is 21.2. The van der Waals surface area contributed by atoms with Crippen molar-refractivity contribution in [2.45, 2.75) is 19.3 Å². The van der Waals surface area contributed by atoms with Gasteiger partial charge < -0.3 is 25.6 Å². The summed E-state index contributed by atoms with van der Waals surface area (Å²) in [6, 6.07) is 13.0. The number of nitrogens with zero attached hydrogens (tertiary/aromatic N) is 2. The van der Waals surface area contributed by atoms with Gasteiger partial charge in [0.2, 0.25) is 5.95 Å². The Hall–Kier alpha value is -3.53. The number of hydrogen-bond donors (Lipinski definition) is 4. The van der Waals surface area contributed by atoms with Crippen LogP contribution in [0.5, 0.6) is 11.5 Å². The Morgan fingerprint density at radius 3 is 2.53 bits per heavy atom. The first-order valence-corrected chi connectivity index (χ1v) is 8.90. The summed E-state index contributed by atoms with van der Waals surface area (Å²) in [5, 5.41) is 24.8. The summed E-state index contributed by atoms with van der Waals surface area (Å²) in [5.41, 5.74) is 1.25. The van der Waals surface area contributed by atoms with Crippen molar-refractivity contribution in [3.8, 4) is 22.8 Å². The summed E-state index contributed by atoms with van der Waals surface area (Å²) < 4.78 is 41.6. The van der Waals surface area contributed by atoms with Crippen LogP contribution in [-0.2, 0) is 0 Å². The maximum absolute atomic E-state index is 12.5. The van der Waals surface area contributed by atoms with Gasteiger partial charge in [-0.25, -0.2) is 4.98 Å². The Kier molecular flexibility index (Phi) is 6.26. The molecule has 1 aromatic heterocycles. The van der Waals surface area contributed by atoms with E-state index in [1.165, 1.54) is 30.3 Å². The van der Waals surface area contributed by atoms with Crippen LogP contribution in [0, 0.1) is 0 Å². The molecule has 0 radical (unpaired) electrons. The number of hydrogen-bond acceptors (Lipinski definition) is 7. The van der Waals surface area contributed by atoms with Crippen LogP contribution in [0.2, 0.25) is 0 Å². The van der Waals surface area contributed by atoms with E-state index >= 15 is 0 Å². The van der Waals surface area contributed by atoms with Gasteiger partial charge in [0.15, 0.2) is 0 Å². The smallest absolute Gasteiger partial charge is 0.508 e. The van der Waals surface area contributed by atoms with Crippen LogP contribution in [0.3, 0.4) is 0 Å². The summed E-state index contributed by atoms with van der Waals surface area (Å²) >= 11 is 0. The van der Waals surface area contributed by atoms with Crippen LogP contribution in [0.25, 0.3) is 11.3 Å². The third-order valence-corrected chi connectivity index (χ3v) is 3.86. The van der Waals surface area contributed by atoms with Gasteiger partial charge in [0.05, 0.1) is 12.3 Å². The van der Waals surface area contributed by atoms with Crippen molar-refractivity contribution in [3.05, 3.63) is 54.6 Å². The van der Waals surface area contributed by atoms with Gasteiger partial charge in [0.25, 0.3) is 0 Å². The molecule has 0 aliphatic rings. The number of aliphatic hydroxyl groups excluding tert-OH is 1. The molecule has 0 aliphatic carbocycles. The second-order valence-corrected chi connectivity index (χ2v) is 6.44. The van der Waals surface area contributed by atoms with Crippen molar-refractivity contribution in [1.29, 1.82) is 0 Å². The third-order valence-electron chi connectivity index (χ3n) is 3.86. The average molecular weight is 420 g/mol. The minimum absolute atomic E-state index is 0.0542. The van der Waals surface area contributed by atoms with E-state index in [-0.39, 0.29) is 30.1 Å². The first-order valence-electron chi connectivity index (χ1n) is 8.90. The lowest BCUT2D eigenvalue weighted by Crippen LogP contribution is -2.21. The number of phenols is 1. The monoisotopic (exact) mass is 420 g/mol. The zero-order valence-corrected chi connectivity index (χ0v) is 15.8. The van der Waals surface area contributed by atoms with Crippen LogP contribution in [0.15, 0.2) is 54.6 Å².